The lowest BCUT2D eigenvalue weighted by Crippen LogP contribution is -2.21. The van der Waals surface area contributed by atoms with E-state index in [4.69, 9.17) is 11.6 Å². The van der Waals surface area contributed by atoms with Crippen LogP contribution in [0.4, 0.5) is 19.0 Å². The minimum Gasteiger partial charge on any atom is -0.369 e. The van der Waals surface area contributed by atoms with E-state index in [1.807, 2.05) is 0 Å². The van der Waals surface area contributed by atoms with E-state index >= 15 is 0 Å². The smallest absolute Gasteiger partial charge is 0.369 e. The molecule has 2 atom stereocenters. The first-order valence-electron chi connectivity index (χ1n) is 6.34. The topological polar surface area (TPSA) is 24.9 Å². The summed E-state index contributed by atoms with van der Waals surface area (Å²) in [6, 6.07) is 2.34. The third kappa shape index (κ3) is 3.53. The Morgan fingerprint density at radius 2 is 2.05 bits per heavy atom. The van der Waals surface area contributed by atoms with Crippen molar-refractivity contribution in [1.29, 1.82) is 0 Å². The van der Waals surface area contributed by atoms with Gasteiger partial charge in [0, 0.05) is 18.6 Å². The number of hydrogen-bond acceptors (Lipinski definition) is 2. The van der Waals surface area contributed by atoms with Crippen molar-refractivity contribution in [3.63, 3.8) is 0 Å². The molecule has 1 aliphatic carbocycles. The zero-order valence-electron chi connectivity index (χ0n) is 10.4. The van der Waals surface area contributed by atoms with Crippen LogP contribution < -0.4 is 5.32 Å². The van der Waals surface area contributed by atoms with Gasteiger partial charge in [0.25, 0.3) is 0 Å². The fraction of sp³-hybridized carbons (Fsp3) is 0.615. The van der Waals surface area contributed by atoms with Crippen molar-refractivity contribution in [2.45, 2.75) is 25.4 Å². The highest BCUT2D eigenvalue weighted by atomic mass is 35.5. The van der Waals surface area contributed by atoms with Gasteiger partial charge in [-0.05, 0) is 36.8 Å². The fourth-order valence-electron chi connectivity index (χ4n) is 2.59. The molecule has 2 nitrogen and oxygen atoms in total. The molecular formula is C13H16ClF3N2. The number of anilines is 1. The molecular weight excluding hydrogens is 277 g/mol. The highest BCUT2D eigenvalue weighted by Crippen LogP contribution is 2.35. The van der Waals surface area contributed by atoms with E-state index in [2.05, 4.69) is 10.3 Å². The molecule has 19 heavy (non-hydrogen) atoms. The summed E-state index contributed by atoms with van der Waals surface area (Å²) < 4.78 is 38.4. The van der Waals surface area contributed by atoms with Crippen LogP contribution in [0.25, 0.3) is 0 Å². The number of rotatable bonds is 4. The van der Waals surface area contributed by atoms with Crippen LogP contribution in [0.2, 0.25) is 0 Å². The Labute approximate surface area is 115 Å². The van der Waals surface area contributed by atoms with Crippen molar-refractivity contribution < 1.29 is 13.2 Å². The number of pyridine rings is 1. The van der Waals surface area contributed by atoms with E-state index in [0.29, 0.717) is 24.3 Å². The molecule has 1 aliphatic rings. The molecule has 1 heterocycles. The quantitative estimate of drug-likeness (QED) is 0.843. The van der Waals surface area contributed by atoms with Gasteiger partial charge < -0.3 is 5.32 Å². The van der Waals surface area contributed by atoms with Gasteiger partial charge in [-0.25, -0.2) is 4.98 Å². The zero-order valence-corrected chi connectivity index (χ0v) is 11.1. The van der Waals surface area contributed by atoms with Crippen LogP contribution in [-0.4, -0.2) is 17.4 Å². The molecule has 0 spiro atoms. The van der Waals surface area contributed by atoms with Gasteiger partial charge in [0.05, 0.1) is 5.56 Å². The van der Waals surface area contributed by atoms with E-state index in [1.165, 1.54) is 12.3 Å². The molecule has 6 heteroatoms. The molecule has 1 aromatic rings. The van der Waals surface area contributed by atoms with Crippen LogP contribution in [0.5, 0.6) is 0 Å². The first-order valence-corrected chi connectivity index (χ1v) is 6.88. The molecule has 106 valence electrons. The van der Waals surface area contributed by atoms with Gasteiger partial charge in [-0.3, -0.25) is 0 Å². The van der Waals surface area contributed by atoms with E-state index in [0.717, 1.165) is 25.3 Å². The molecule has 0 amide bonds. The monoisotopic (exact) mass is 292 g/mol. The Morgan fingerprint density at radius 1 is 1.32 bits per heavy atom. The van der Waals surface area contributed by atoms with Crippen LogP contribution >= 0.6 is 11.6 Å². The van der Waals surface area contributed by atoms with Crippen LogP contribution in [0.1, 0.15) is 24.8 Å². The Balaban J connectivity index is 2.04. The zero-order chi connectivity index (χ0) is 13.9. The van der Waals surface area contributed by atoms with Crippen molar-refractivity contribution in [1.82, 2.24) is 4.98 Å². The molecule has 0 radical (unpaired) electrons. The van der Waals surface area contributed by atoms with Crippen molar-refractivity contribution in [2.24, 2.45) is 11.8 Å². The Bertz CT molecular complexity index is 423. The van der Waals surface area contributed by atoms with Gasteiger partial charge in [-0.1, -0.05) is 6.42 Å². The highest BCUT2D eigenvalue weighted by Gasteiger charge is 2.34. The summed E-state index contributed by atoms with van der Waals surface area (Å²) in [6.45, 7) is 0.498. The second-order valence-corrected chi connectivity index (χ2v) is 5.19. The first-order chi connectivity index (χ1) is 9.02. The van der Waals surface area contributed by atoms with E-state index < -0.39 is 11.7 Å². The SMILES string of the molecule is FC(F)(F)c1cccnc1NCC1CCCC1CCl. The average Bonchev–Trinajstić information content (AvgIpc) is 2.83. The molecule has 1 aromatic heterocycles. The molecule has 1 fully saturated rings. The number of alkyl halides is 4. The summed E-state index contributed by atoms with van der Waals surface area (Å²) in [7, 11) is 0. The average molecular weight is 293 g/mol. The van der Waals surface area contributed by atoms with Gasteiger partial charge in [0.2, 0.25) is 0 Å². The second kappa shape index (κ2) is 5.99. The van der Waals surface area contributed by atoms with Crippen LogP contribution in [0, 0.1) is 11.8 Å². The minimum absolute atomic E-state index is 0.0878. The van der Waals surface area contributed by atoms with E-state index in [-0.39, 0.29) is 5.82 Å². The fourth-order valence-corrected chi connectivity index (χ4v) is 2.99. The maximum Gasteiger partial charge on any atom is 0.419 e. The predicted molar refractivity (Wildman–Crippen MR) is 69.3 cm³/mol. The first kappa shape index (κ1) is 14.4. The molecule has 0 bridgehead atoms. The van der Waals surface area contributed by atoms with Crippen molar-refractivity contribution >= 4 is 17.4 Å². The summed E-state index contributed by atoms with van der Waals surface area (Å²) in [5.74, 6) is 1.21. The Morgan fingerprint density at radius 3 is 2.74 bits per heavy atom. The summed E-state index contributed by atoms with van der Waals surface area (Å²) in [5, 5.41) is 2.84. The molecule has 0 aliphatic heterocycles. The maximum absolute atomic E-state index is 12.8. The molecule has 2 rings (SSSR count). The highest BCUT2D eigenvalue weighted by molar-refractivity contribution is 6.18. The lowest BCUT2D eigenvalue weighted by molar-refractivity contribution is -0.137. The largest absolute Gasteiger partial charge is 0.419 e. The molecule has 1 saturated carbocycles. The summed E-state index contributed by atoms with van der Waals surface area (Å²) in [4.78, 5) is 3.79. The lowest BCUT2D eigenvalue weighted by Gasteiger charge is -2.19. The van der Waals surface area contributed by atoms with Gasteiger partial charge in [-0.2, -0.15) is 13.2 Å². The van der Waals surface area contributed by atoms with Gasteiger partial charge in [0.15, 0.2) is 0 Å². The summed E-state index contributed by atoms with van der Waals surface area (Å²) in [6.07, 6.45) is 0.157. The van der Waals surface area contributed by atoms with Crippen LogP contribution in [0.15, 0.2) is 18.3 Å². The van der Waals surface area contributed by atoms with Crippen LogP contribution in [-0.2, 0) is 6.18 Å². The van der Waals surface area contributed by atoms with Gasteiger partial charge >= 0.3 is 6.18 Å². The van der Waals surface area contributed by atoms with Gasteiger partial charge in [0.1, 0.15) is 5.82 Å². The van der Waals surface area contributed by atoms with Crippen molar-refractivity contribution in [3.8, 4) is 0 Å². The van der Waals surface area contributed by atoms with Crippen molar-refractivity contribution in [3.05, 3.63) is 23.9 Å². The normalized spacial score (nSPS) is 23.6. The number of nitrogens with zero attached hydrogens (tertiary/aromatic N) is 1. The van der Waals surface area contributed by atoms with E-state index in [1.54, 1.807) is 0 Å². The third-order valence-corrected chi connectivity index (χ3v) is 4.06. The summed E-state index contributed by atoms with van der Waals surface area (Å²) >= 11 is 5.86. The molecule has 0 saturated heterocycles. The predicted octanol–water partition coefficient (Wildman–Crippen LogP) is 4.17. The van der Waals surface area contributed by atoms with Crippen LogP contribution in [0.3, 0.4) is 0 Å². The Hall–Kier alpha value is -0.970. The number of nitrogens with one attached hydrogen (secondary N) is 1. The second-order valence-electron chi connectivity index (χ2n) is 4.88. The van der Waals surface area contributed by atoms with E-state index in [9.17, 15) is 13.2 Å². The number of aromatic nitrogens is 1. The lowest BCUT2D eigenvalue weighted by atomic mass is 9.98. The standard InChI is InChI=1S/C13H16ClF3N2/c14-7-9-3-1-4-10(9)8-19-12-11(13(15,16)17)5-2-6-18-12/h2,5-6,9-10H,1,3-4,7-8H2,(H,18,19). The molecule has 1 N–H and O–H groups in total. The Kier molecular flexibility index (Phi) is 4.55. The molecule has 0 aromatic carbocycles. The van der Waals surface area contributed by atoms with Gasteiger partial charge in [-0.15, -0.1) is 11.6 Å². The summed E-state index contributed by atoms with van der Waals surface area (Å²) in [5.41, 5.74) is -0.713. The number of halogens is 4. The molecule has 2 unspecified atom stereocenters. The maximum atomic E-state index is 12.8. The number of hydrogen-bond donors (Lipinski definition) is 1. The third-order valence-electron chi connectivity index (χ3n) is 3.66. The van der Waals surface area contributed by atoms with Crippen molar-refractivity contribution in [2.75, 3.05) is 17.7 Å². The minimum atomic E-state index is -4.38.